The highest BCUT2D eigenvalue weighted by atomic mass is 16.4. The molecule has 0 saturated carbocycles. The van der Waals surface area contributed by atoms with Crippen LogP contribution in [0, 0.1) is 0 Å². The van der Waals surface area contributed by atoms with Gasteiger partial charge < -0.3 is 5.11 Å². The predicted molar refractivity (Wildman–Crippen MR) is 65.7 cm³/mol. The number of carboxylic acids is 1. The third-order valence-corrected chi connectivity index (χ3v) is 2.71. The highest BCUT2D eigenvalue weighted by molar-refractivity contribution is 5.69. The van der Waals surface area contributed by atoms with E-state index in [2.05, 4.69) is 11.7 Å². The molecule has 0 bridgehead atoms. The second kappa shape index (κ2) is 6.20. The molecule has 1 rings (SSSR count). The Morgan fingerprint density at radius 3 is 2.94 bits per heavy atom. The molecule has 1 atom stereocenters. The fraction of sp³-hybridized carbons (Fsp3) is 0.500. The van der Waals surface area contributed by atoms with Gasteiger partial charge >= 0.3 is 5.97 Å². The summed E-state index contributed by atoms with van der Waals surface area (Å²) in [5.74, 6) is -0.832. The zero-order valence-electron chi connectivity index (χ0n) is 10.3. The summed E-state index contributed by atoms with van der Waals surface area (Å²) in [5, 5.41) is 13.1. The highest BCUT2D eigenvalue weighted by Crippen LogP contribution is 2.19. The third kappa shape index (κ3) is 3.71. The molecule has 0 aliphatic rings. The van der Waals surface area contributed by atoms with Crippen LogP contribution in [0.25, 0.3) is 0 Å². The number of nitrogens with zero attached hydrogens (tertiary/aromatic N) is 3. The number of rotatable bonds is 7. The molecule has 0 aliphatic heterocycles. The summed E-state index contributed by atoms with van der Waals surface area (Å²) in [6.07, 6.45) is 5.44. The zero-order valence-corrected chi connectivity index (χ0v) is 10.3. The minimum absolute atomic E-state index is 0.00446. The van der Waals surface area contributed by atoms with Crippen LogP contribution in [0.4, 0.5) is 0 Å². The molecule has 1 unspecified atom stereocenters. The number of hydrogen-bond donors (Lipinski definition) is 1. The van der Waals surface area contributed by atoms with Gasteiger partial charge in [-0.25, -0.2) is 0 Å². The molecule has 1 heterocycles. The quantitative estimate of drug-likeness (QED) is 0.731. The summed E-state index contributed by atoms with van der Waals surface area (Å²) in [6.45, 7) is 9.00. The van der Waals surface area contributed by atoms with E-state index >= 15 is 0 Å². The Morgan fingerprint density at radius 1 is 1.76 bits per heavy atom. The normalized spacial score (nSPS) is 12.6. The van der Waals surface area contributed by atoms with Crippen molar-refractivity contribution in [1.29, 1.82) is 0 Å². The van der Waals surface area contributed by atoms with Gasteiger partial charge in [-0.15, -0.1) is 6.58 Å². The van der Waals surface area contributed by atoms with Crippen molar-refractivity contribution in [2.75, 3.05) is 13.1 Å². The van der Waals surface area contributed by atoms with Gasteiger partial charge in [-0.3, -0.25) is 14.4 Å². The van der Waals surface area contributed by atoms with Crippen LogP contribution in [0.3, 0.4) is 0 Å². The highest BCUT2D eigenvalue weighted by Gasteiger charge is 2.18. The molecule has 94 valence electrons. The number of carboxylic acid groups (broad SMARTS) is 1. The predicted octanol–water partition coefficient (Wildman–Crippen LogP) is 1.54. The lowest BCUT2D eigenvalue weighted by Gasteiger charge is -2.25. The van der Waals surface area contributed by atoms with E-state index in [1.54, 1.807) is 12.3 Å². The van der Waals surface area contributed by atoms with Crippen LogP contribution in [0.1, 0.15) is 25.5 Å². The Kier molecular flexibility index (Phi) is 4.90. The molecule has 0 saturated heterocycles. The fourth-order valence-corrected chi connectivity index (χ4v) is 1.68. The first-order valence-electron chi connectivity index (χ1n) is 5.67. The van der Waals surface area contributed by atoms with E-state index in [1.807, 2.05) is 29.6 Å². The van der Waals surface area contributed by atoms with E-state index in [4.69, 9.17) is 5.11 Å². The molecule has 5 nitrogen and oxygen atoms in total. The van der Waals surface area contributed by atoms with Crippen molar-refractivity contribution in [3.63, 3.8) is 0 Å². The van der Waals surface area contributed by atoms with Crippen LogP contribution in [0.2, 0.25) is 0 Å². The first kappa shape index (κ1) is 13.4. The van der Waals surface area contributed by atoms with Gasteiger partial charge in [0.2, 0.25) is 0 Å². The first-order valence-corrected chi connectivity index (χ1v) is 5.67. The fourth-order valence-electron chi connectivity index (χ4n) is 1.68. The smallest absolute Gasteiger partial charge is 0.317 e. The van der Waals surface area contributed by atoms with E-state index in [1.165, 1.54) is 0 Å². The lowest BCUT2D eigenvalue weighted by Crippen LogP contribution is -2.32. The van der Waals surface area contributed by atoms with E-state index in [0.29, 0.717) is 6.54 Å². The van der Waals surface area contributed by atoms with Crippen LogP contribution in [0.15, 0.2) is 25.0 Å². The van der Waals surface area contributed by atoms with Crippen LogP contribution in [0.5, 0.6) is 0 Å². The van der Waals surface area contributed by atoms with Crippen molar-refractivity contribution < 1.29 is 9.90 Å². The Bertz CT molecular complexity index is 387. The molecule has 0 aliphatic carbocycles. The Labute approximate surface area is 101 Å². The number of aryl methyl sites for hydroxylation is 1. The average molecular weight is 237 g/mol. The molecule has 0 radical (unpaired) electrons. The van der Waals surface area contributed by atoms with Crippen molar-refractivity contribution >= 4 is 5.97 Å². The van der Waals surface area contributed by atoms with Crippen LogP contribution < -0.4 is 0 Å². The SMILES string of the molecule is C=CCN(CC(=O)O)C(C)c1cnn(CC)c1. The largest absolute Gasteiger partial charge is 0.480 e. The van der Waals surface area contributed by atoms with Crippen LogP contribution in [-0.4, -0.2) is 38.8 Å². The summed E-state index contributed by atoms with van der Waals surface area (Å²) in [5.41, 5.74) is 1.02. The molecule has 0 aromatic carbocycles. The molecule has 1 aromatic heterocycles. The number of aromatic nitrogens is 2. The van der Waals surface area contributed by atoms with Gasteiger partial charge in [0.15, 0.2) is 0 Å². The maximum atomic E-state index is 10.8. The lowest BCUT2D eigenvalue weighted by molar-refractivity contribution is -0.138. The Hall–Kier alpha value is -1.62. The minimum Gasteiger partial charge on any atom is -0.480 e. The van der Waals surface area contributed by atoms with Crippen molar-refractivity contribution in [2.45, 2.75) is 26.4 Å². The van der Waals surface area contributed by atoms with E-state index in [0.717, 1.165) is 12.1 Å². The van der Waals surface area contributed by atoms with Gasteiger partial charge in [-0.1, -0.05) is 6.08 Å². The summed E-state index contributed by atoms with van der Waals surface area (Å²) in [7, 11) is 0. The number of hydrogen-bond acceptors (Lipinski definition) is 3. The second-order valence-electron chi connectivity index (χ2n) is 3.92. The van der Waals surface area contributed by atoms with Gasteiger partial charge in [0.05, 0.1) is 12.7 Å². The lowest BCUT2D eigenvalue weighted by atomic mass is 10.1. The van der Waals surface area contributed by atoms with E-state index < -0.39 is 5.97 Å². The van der Waals surface area contributed by atoms with E-state index in [-0.39, 0.29) is 12.6 Å². The van der Waals surface area contributed by atoms with E-state index in [9.17, 15) is 4.79 Å². The summed E-state index contributed by atoms with van der Waals surface area (Å²) in [4.78, 5) is 12.6. The maximum Gasteiger partial charge on any atom is 0.317 e. The second-order valence-corrected chi connectivity index (χ2v) is 3.92. The molecular formula is C12H19N3O2. The molecule has 0 spiro atoms. The number of carbonyl (C=O) groups is 1. The van der Waals surface area contributed by atoms with Gasteiger partial charge in [-0.05, 0) is 13.8 Å². The topological polar surface area (TPSA) is 58.4 Å². The monoisotopic (exact) mass is 237 g/mol. The van der Waals surface area contributed by atoms with Gasteiger partial charge in [0.1, 0.15) is 0 Å². The number of aliphatic carboxylic acids is 1. The summed E-state index contributed by atoms with van der Waals surface area (Å²) >= 11 is 0. The van der Waals surface area contributed by atoms with Crippen LogP contribution in [-0.2, 0) is 11.3 Å². The van der Waals surface area contributed by atoms with Crippen LogP contribution >= 0.6 is 0 Å². The first-order chi connectivity index (χ1) is 8.08. The molecule has 1 N–H and O–H groups in total. The molecule has 0 amide bonds. The summed E-state index contributed by atoms with van der Waals surface area (Å²) < 4.78 is 1.83. The molecule has 0 fully saturated rings. The molecule has 17 heavy (non-hydrogen) atoms. The maximum absolute atomic E-state index is 10.8. The van der Waals surface area contributed by atoms with Crippen molar-refractivity contribution in [3.8, 4) is 0 Å². The zero-order chi connectivity index (χ0) is 12.8. The van der Waals surface area contributed by atoms with Crippen molar-refractivity contribution in [2.24, 2.45) is 0 Å². The average Bonchev–Trinajstić information content (AvgIpc) is 2.75. The molecule has 5 heteroatoms. The van der Waals surface area contributed by atoms with Crippen molar-refractivity contribution in [3.05, 3.63) is 30.6 Å². The summed E-state index contributed by atoms with van der Waals surface area (Å²) in [6, 6.07) is 0.0180. The third-order valence-electron chi connectivity index (χ3n) is 2.71. The Balaban J connectivity index is 2.78. The van der Waals surface area contributed by atoms with Crippen molar-refractivity contribution in [1.82, 2.24) is 14.7 Å². The van der Waals surface area contributed by atoms with Gasteiger partial charge in [0, 0.05) is 30.9 Å². The molecular weight excluding hydrogens is 218 g/mol. The van der Waals surface area contributed by atoms with Gasteiger partial charge in [0.25, 0.3) is 0 Å². The molecule has 1 aromatic rings. The minimum atomic E-state index is -0.832. The Morgan fingerprint density at radius 2 is 2.47 bits per heavy atom. The van der Waals surface area contributed by atoms with Gasteiger partial charge in [-0.2, -0.15) is 5.10 Å². The standard InChI is InChI=1S/C12H19N3O2/c1-4-6-14(9-12(16)17)10(3)11-7-13-15(5-2)8-11/h4,7-8,10H,1,5-6,9H2,2-3H3,(H,16,17).